The summed E-state index contributed by atoms with van der Waals surface area (Å²) in [6.45, 7) is 0. The number of nitriles is 1. The van der Waals surface area contributed by atoms with Crippen molar-refractivity contribution in [1.29, 1.82) is 5.26 Å². The van der Waals surface area contributed by atoms with Crippen molar-refractivity contribution in [2.45, 2.75) is 0 Å². The van der Waals surface area contributed by atoms with E-state index in [0.717, 1.165) is 15.7 Å². The first-order valence-electron chi connectivity index (χ1n) is 4.42. The lowest BCUT2D eigenvalue weighted by Crippen LogP contribution is -1.81. The number of hydrogen-bond acceptors (Lipinski definition) is 2. The van der Waals surface area contributed by atoms with Crippen LogP contribution in [0.3, 0.4) is 0 Å². The normalized spacial score (nSPS) is 9.60. The largest absolute Gasteiger partial charge is 0.249 e. The van der Waals surface area contributed by atoms with Gasteiger partial charge in [-0.05, 0) is 39.7 Å². The number of nitrogens with zero attached hydrogens (tertiary/aromatic N) is 2. The first kappa shape index (κ1) is 9.88. The van der Waals surface area contributed by atoms with Crippen LogP contribution in [0.5, 0.6) is 0 Å². The Labute approximate surface area is 96.3 Å². The Kier molecular flexibility index (Phi) is 2.79. The van der Waals surface area contributed by atoms with Crippen LogP contribution in [0.15, 0.2) is 47.2 Å². The van der Waals surface area contributed by atoms with Crippen molar-refractivity contribution in [3.05, 3.63) is 52.8 Å². The molecule has 2 nitrogen and oxygen atoms in total. The maximum atomic E-state index is 8.78. The van der Waals surface area contributed by atoms with Crippen molar-refractivity contribution >= 4 is 15.9 Å². The van der Waals surface area contributed by atoms with Crippen LogP contribution in [-0.2, 0) is 0 Å². The number of rotatable bonds is 1. The van der Waals surface area contributed by atoms with Gasteiger partial charge >= 0.3 is 0 Å². The molecule has 0 aliphatic carbocycles. The molecule has 0 unspecified atom stereocenters. The fraction of sp³-hybridized carbons (Fsp3) is 0. The smallest absolute Gasteiger partial charge is 0.106 e. The minimum atomic E-state index is 0.662. The number of halogens is 1. The Morgan fingerprint density at radius 3 is 2.67 bits per heavy atom. The van der Waals surface area contributed by atoms with E-state index in [1.54, 1.807) is 12.3 Å². The van der Waals surface area contributed by atoms with Gasteiger partial charge in [0.1, 0.15) is 4.60 Å². The summed E-state index contributed by atoms with van der Waals surface area (Å²) in [7, 11) is 0. The Bertz CT molecular complexity index is 512. The summed E-state index contributed by atoms with van der Waals surface area (Å²) in [5, 5.41) is 8.78. The lowest BCUT2D eigenvalue weighted by atomic mass is 10.1. The molecule has 1 aromatic heterocycles. The lowest BCUT2D eigenvalue weighted by Gasteiger charge is -2.01. The molecule has 0 aliphatic heterocycles. The molecule has 72 valence electrons. The molecule has 0 aliphatic rings. The second-order valence-electron chi connectivity index (χ2n) is 3.06. The van der Waals surface area contributed by atoms with Gasteiger partial charge in [0.25, 0.3) is 0 Å². The van der Waals surface area contributed by atoms with Gasteiger partial charge in [0, 0.05) is 11.8 Å². The number of aromatic nitrogens is 1. The maximum absolute atomic E-state index is 8.78. The van der Waals surface area contributed by atoms with Crippen molar-refractivity contribution in [2.75, 3.05) is 0 Å². The van der Waals surface area contributed by atoms with E-state index in [1.807, 2.05) is 30.3 Å². The molecule has 15 heavy (non-hydrogen) atoms. The Hall–Kier alpha value is -1.66. The predicted molar refractivity (Wildman–Crippen MR) is 62.1 cm³/mol. The Morgan fingerprint density at radius 2 is 2.00 bits per heavy atom. The van der Waals surface area contributed by atoms with Crippen molar-refractivity contribution in [3.63, 3.8) is 0 Å². The van der Waals surface area contributed by atoms with Gasteiger partial charge < -0.3 is 0 Å². The van der Waals surface area contributed by atoms with Gasteiger partial charge in [-0.3, -0.25) is 0 Å². The molecule has 0 spiro atoms. The van der Waals surface area contributed by atoms with Gasteiger partial charge in [-0.1, -0.05) is 18.2 Å². The summed E-state index contributed by atoms with van der Waals surface area (Å²) in [5.41, 5.74) is 2.68. The molecule has 0 N–H and O–H groups in total. The number of benzene rings is 1. The molecular weight excluding hydrogens is 252 g/mol. The van der Waals surface area contributed by atoms with Crippen LogP contribution in [-0.4, -0.2) is 4.98 Å². The summed E-state index contributed by atoms with van der Waals surface area (Å²) in [4.78, 5) is 4.14. The zero-order valence-electron chi connectivity index (χ0n) is 7.81. The molecule has 0 amide bonds. The van der Waals surface area contributed by atoms with Crippen LogP contribution in [0.25, 0.3) is 11.1 Å². The van der Waals surface area contributed by atoms with Crippen molar-refractivity contribution < 1.29 is 0 Å². The van der Waals surface area contributed by atoms with E-state index >= 15 is 0 Å². The van der Waals surface area contributed by atoms with Gasteiger partial charge in [0.15, 0.2) is 0 Å². The molecule has 0 saturated carbocycles. The van der Waals surface area contributed by atoms with E-state index in [1.165, 1.54) is 0 Å². The fourth-order valence-electron chi connectivity index (χ4n) is 1.31. The van der Waals surface area contributed by atoms with Gasteiger partial charge in [0.2, 0.25) is 0 Å². The molecule has 0 bridgehead atoms. The first-order chi connectivity index (χ1) is 7.29. The Morgan fingerprint density at radius 1 is 1.13 bits per heavy atom. The fourth-order valence-corrected chi connectivity index (χ4v) is 1.55. The summed E-state index contributed by atoms with van der Waals surface area (Å²) in [6, 6.07) is 13.4. The van der Waals surface area contributed by atoms with E-state index in [0.29, 0.717) is 5.56 Å². The van der Waals surface area contributed by atoms with Crippen molar-refractivity contribution in [1.82, 2.24) is 4.98 Å². The first-order valence-corrected chi connectivity index (χ1v) is 5.21. The summed E-state index contributed by atoms with van der Waals surface area (Å²) in [5.74, 6) is 0. The van der Waals surface area contributed by atoms with E-state index in [-0.39, 0.29) is 0 Å². The monoisotopic (exact) mass is 258 g/mol. The molecule has 0 radical (unpaired) electrons. The van der Waals surface area contributed by atoms with Crippen LogP contribution in [0.4, 0.5) is 0 Å². The van der Waals surface area contributed by atoms with Crippen LogP contribution in [0, 0.1) is 11.3 Å². The zero-order valence-corrected chi connectivity index (χ0v) is 9.40. The highest BCUT2D eigenvalue weighted by Gasteiger charge is 1.99. The van der Waals surface area contributed by atoms with Crippen LogP contribution >= 0.6 is 15.9 Å². The van der Waals surface area contributed by atoms with Crippen molar-refractivity contribution in [3.8, 4) is 17.2 Å². The van der Waals surface area contributed by atoms with E-state index in [4.69, 9.17) is 5.26 Å². The molecule has 1 aromatic carbocycles. The molecule has 1 heterocycles. The third kappa shape index (κ3) is 2.23. The maximum Gasteiger partial charge on any atom is 0.106 e. The summed E-state index contributed by atoms with van der Waals surface area (Å²) < 4.78 is 0.808. The van der Waals surface area contributed by atoms with Crippen molar-refractivity contribution in [2.24, 2.45) is 0 Å². The standard InChI is InChI=1S/C12H7BrN2/c13-12-5-4-11(8-15-12)10-3-1-2-9(6-10)7-14/h1-6,8H. The second kappa shape index (κ2) is 4.24. The highest BCUT2D eigenvalue weighted by molar-refractivity contribution is 9.10. The SMILES string of the molecule is N#Cc1cccc(-c2ccc(Br)nc2)c1. The molecule has 2 aromatic rings. The molecule has 0 saturated heterocycles. The van der Waals surface area contributed by atoms with Crippen LogP contribution in [0.1, 0.15) is 5.56 Å². The lowest BCUT2D eigenvalue weighted by molar-refractivity contribution is 1.28. The number of hydrogen-bond donors (Lipinski definition) is 0. The minimum absolute atomic E-state index is 0.662. The Balaban J connectivity index is 2.46. The molecule has 2 rings (SSSR count). The van der Waals surface area contributed by atoms with E-state index in [2.05, 4.69) is 27.0 Å². The quantitative estimate of drug-likeness (QED) is 0.736. The molecule has 3 heteroatoms. The zero-order chi connectivity index (χ0) is 10.7. The van der Waals surface area contributed by atoms with Gasteiger partial charge in [-0.15, -0.1) is 0 Å². The highest BCUT2D eigenvalue weighted by atomic mass is 79.9. The molecule has 0 fully saturated rings. The van der Waals surface area contributed by atoms with Gasteiger partial charge in [-0.25, -0.2) is 4.98 Å². The summed E-state index contributed by atoms with van der Waals surface area (Å²) in [6.07, 6.45) is 1.78. The van der Waals surface area contributed by atoms with E-state index in [9.17, 15) is 0 Å². The second-order valence-corrected chi connectivity index (χ2v) is 3.87. The van der Waals surface area contributed by atoms with Gasteiger partial charge in [0.05, 0.1) is 11.6 Å². The third-order valence-electron chi connectivity index (χ3n) is 2.05. The average molecular weight is 259 g/mol. The topological polar surface area (TPSA) is 36.7 Å². The molecular formula is C12H7BrN2. The average Bonchev–Trinajstić information content (AvgIpc) is 2.30. The highest BCUT2D eigenvalue weighted by Crippen LogP contribution is 2.20. The van der Waals surface area contributed by atoms with Crippen LogP contribution < -0.4 is 0 Å². The predicted octanol–water partition coefficient (Wildman–Crippen LogP) is 3.38. The van der Waals surface area contributed by atoms with Gasteiger partial charge in [-0.2, -0.15) is 5.26 Å². The van der Waals surface area contributed by atoms with Crippen LogP contribution in [0.2, 0.25) is 0 Å². The molecule has 0 atom stereocenters. The van der Waals surface area contributed by atoms with E-state index < -0.39 is 0 Å². The number of pyridine rings is 1. The third-order valence-corrected chi connectivity index (χ3v) is 2.52. The minimum Gasteiger partial charge on any atom is -0.249 e. The summed E-state index contributed by atoms with van der Waals surface area (Å²) >= 11 is 3.28.